The maximum Gasteiger partial charge on any atom is 0.287 e. The van der Waals surface area contributed by atoms with Crippen LogP contribution in [0.4, 0.5) is 4.39 Å². The second kappa shape index (κ2) is 8.76. The summed E-state index contributed by atoms with van der Waals surface area (Å²) in [4.78, 5) is 12.5. The summed E-state index contributed by atoms with van der Waals surface area (Å²) in [6.45, 7) is 4.47. The molecule has 2 aromatic rings. The largest absolute Gasteiger partial charge is 0.455 e. The first kappa shape index (κ1) is 19.0. The molecule has 140 valence electrons. The van der Waals surface area contributed by atoms with Gasteiger partial charge in [0.05, 0.1) is 5.75 Å². The SMILES string of the molecule is C[C@@H]1[C@H](C)CCC[C@@H]1NC(=O)c1ccc(CSCc2cccc(F)c2)o1. The minimum atomic E-state index is -0.216. The molecule has 3 atom stereocenters. The Morgan fingerprint density at radius 2 is 2.08 bits per heavy atom. The fraction of sp³-hybridized carbons (Fsp3) is 0.476. The van der Waals surface area contributed by atoms with Crippen LogP contribution in [0.1, 0.15) is 55.0 Å². The number of nitrogens with one attached hydrogen (secondary N) is 1. The number of carbonyl (C=O) groups is 1. The van der Waals surface area contributed by atoms with Crippen LogP contribution in [-0.2, 0) is 11.5 Å². The molecule has 1 fully saturated rings. The topological polar surface area (TPSA) is 42.2 Å². The monoisotopic (exact) mass is 375 g/mol. The molecule has 1 aromatic heterocycles. The van der Waals surface area contributed by atoms with E-state index < -0.39 is 0 Å². The van der Waals surface area contributed by atoms with Crippen molar-refractivity contribution in [1.82, 2.24) is 5.32 Å². The summed E-state index contributed by atoms with van der Waals surface area (Å²) in [5.74, 6) is 3.28. The van der Waals surface area contributed by atoms with Crippen LogP contribution >= 0.6 is 11.8 Å². The highest BCUT2D eigenvalue weighted by molar-refractivity contribution is 7.97. The minimum absolute atomic E-state index is 0.127. The van der Waals surface area contributed by atoms with Gasteiger partial charge in [0, 0.05) is 11.8 Å². The van der Waals surface area contributed by atoms with Crippen molar-refractivity contribution in [3.8, 4) is 0 Å². The third-order valence-electron chi connectivity index (χ3n) is 5.31. The van der Waals surface area contributed by atoms with E-state index in [1.165, 1.54) is 12.5 Å². The highest BCUT2D eigenvalue weighted by atomic mass is 32.2. The lowest BCUT2D eigenvalue weighted by Gasteiger charge is -2.34. The van der Waals surface area contributed by atoms with Gasteiger partial charge in [0.2, 0.25) is 0 Å². The molecule has 0 saturated heterocycles. The first-order valence-electron chi connectivity index (χ1n) is 9.24. The van der Waals surface area contributed by atoms with Crippen LogP contribution in [0.2, 0.25) is 0 Å². The molecule has 0 bridgehead atoms. The fourth-order valence-corrected chi connectivity index (χ4v) is 4.37. The molecule has 0 unspecified atom stereocenters. The van der Waals surface area contributed by atoms with Crippen molar-refractivity contribution in [3.63, 3.8) is 0 Å². The predicted octanol–water partition coefficient (Wildman–Crippen LogP) is 5.41. The van der Waals surface area contributed by atoms with Crippen molar-refractivity contribution in [2.45, 2.75) is 50.7 Å². The Morgan fingerprint density at radius 3 is 2.88 bits per heavy atom. The highest BCUT2D eigenvalue weighted by Gasteiger charge is 2.29. The molecule has 3 nitrogen and oxygen atoms in total. The summed E-state index contributed by atoms with van der Waals surface area (Å²) < 4.78 is 18.9. The quantitative estimate of drug-likeness (QED) is 0.734. The van der Waals surface area contributed by atoms with E-state index in [2.05, 4.69) is 19.2 Å². The molecule has 1 aliphatic rings. The third kappa shape index (κ3) is 4.91. The number of carbonyl (C=O) groups excluding carboxylic acids is 1. The van der Waals surface area contributed by atoms with Gasteiger partial charge in [-0.3, -0.25) is 4.79 Å². The molecule has 1 aliphatic carbocycles. The Balaban J connectivity index is 1.50. The molecule has 5 heteroatoms. The van der Waals surface area contributed by atoms with Crippen molar-refractivity contribution >= 4 is 17.7 Å². The van der Waals surface area contributed by atoms with Gasteiger partial charge in [-0.2, -0.15) is 0 Å². The number of benzene rings is 1. The van der Waals surface area contributed by atoms with E-state index in [-0.39, 0.29) is 17.8 Å². The Morgan fingerprint density at radius 1 is 1.23 bits per heavy atom. The van der Waals surface area contributed by atoms with Gasteiger partial charge in [0.1, 0.15) is 11.6 Å². The summed E-state index contributed by atoms with van der Waals surface area (Å²) in [6.07, 6.45) is 3.44. The molecule has 1 aromatic carbocycles. The van der Waals surface area contributed by atoms with E-state index in [0.717, 1.165) is 24.2 Å². The number of rotatable bonds is 6. The van der Waals surface area contributed by atoms with E-state index in [1.54, 1.807) is 30.0 Å². The maximum absolute atomic E-state index is 13.2. The first-order chi connectivity index (χ1) is 12.5. The van der Waals surface area contributed by atoms with E-state index >= 15 is 0 Å². The van der Waals surface area contributed by atoms with Crippen molar-refractivity contribution in [2.75, 3.05) is 0 Å². The van der Waals surface area contributed by atoms with Crippen molar-refractivity contribution in [2.24, 2.45) is 11.8 Å². The van der Waals surface area contributed by atoms with Gasteiger partial charge in [0.25, 0.3) is 5.91 Å². The molecule has 0 aliphatic heterocycles. The zero-order valence-electron chi connectivity index (χ0n) is 15.3. The smallest absolute Gasteiger partial charge is 0.287 e. The lowest BCUT2D eigenvalue weighted by Crippen LogP contribution is -2.43. The Bertz CT molecular complexity index is 745. The van der Waals surface area contributed by atoms with Crippen LogP contribution in [0.15, 0.2) is 40.8 Å². The predicted molar refractivity (Wildman–Crippen MR) is 104 cm³/mol. The Hall–Kier alpha value is -1.75. The Labute approximate surface area is 158 Å². The molecule has 1 N–H and O–H groups in total. The zero-order chi connectivity index (χ0) is 18.5. The number of hydrogen-bond acceptors (Lipinski definition) is 3. The van der Waals surface area contributed by atoms with Crippen molar-refractivity contribution < 1.29 is 13.6 Å². The van der Waals surface area contributed by atoms with Crippen LogP contribution in [0.5, 0.6) is 0 Å². The summed E-state index contributed by atoms with van der Waals surface area (Å²) in [5, 5.41) is 3.14. The number of thioether (sulfide) groups is 1. The molecule has 26 heavy (non-hydrogen) atoms. The highest BCUT2D eigenvalue weighted by Crippen LogP contribution is 2.29. The zero-order valence-corrected chi connectivity index (χ0v) is 16.2. The van der Waals surface area contributed by atoms with Gasteiger partial charge >= 0.3 is 0 Å². The van der Waals surface area contributed by atoms with E-state index in [4.69, 9.17) is 4.42 Å². The number of amides is 1. The normalized spacial score (nSPS) is 23.0. The van der Waals surface area contributed by atoms with Crippen LogP contribution < -0.4 is 5.32 Å². The van der Waals surface area contributed by atoms with E-state index in [1.807, 2.05) is 12.1 Å². The molecule has 0 spiro atoms. The van der Waals surface area contributed by atoms with E-state index in [0.29, 0.717) is 29.1 Å². The molecule has 1 amide bonds. The van der Waals surface area contributed by atoms with Gasteiger partial charge in [-0.25, -0.2) is 4.39 Å². The van der Waals surface area contributed by atoms with Crippen LogP contribution in [0, 0.1) is 17.7 Å². The van der Waals surface area contributed by atoms with Gasteiger partial charge in [-0.15, -0.1) is 11.8 Å². The fourth-order valence-electron chi connectivity index (χ4n) is 3.50. The second-order valence-corrected chi connectivity index (χ2v) is 8.22. The molecular weight excluding hydrogens is 349 g/mol. The molecular formula is C21H26FNO2S. The van der Waals surface area contributed by atoms with Crippen molar-refractivity contribution in [3.05, 3.63) is 59.3 Å². The first-order valence-corrected chi connectivity index (χ1v) is 10.4. The number of furan rings is 1. The summed E-state index contributed by atoms with van der Waals surface area (Å²) in [7, 11) is 0. The van der Waals surface area contributed by atoms with Crippen LogP contribution in [0.25, 0.3) is 0 Å². The van der Waals surface area contributed by atoms with Gasteiger partial charge in [0.15, 0.2) is 5.76 Å². The summed E-state index contributed by atoms with van der Waals surface area (Å²) in [5.41, 5.74) is 0.944. The van der Waals surface area contributed by atoms with Crippen LogP contribution in [-0.4, -0.2) is 11.9 Å². The molecule has 0 radical (unpaired) electrons. The van der Waals surface area contributed by atoms with Gasteiger partial charge < -0.3 is 9.73 Å². The lowest BCUT2D eigenvalue weighted by atomic mass is 9.78. The Kier molecular flexibility index (Phi) is 6.41. The second-order valence-electron chi connectivity index (χ2n) is 7.24. The molecule has 1 heterocycles. The average molecular weight is 376 g/mol. The number of halogens is 1. The maximum atomic E-state index is 13.2. The van der Waals surface area contributed by atoms with Crippen LogP contribution in [0.3, 0.4) is 0 Å². The third-order valence-corrected chi connectivity index (χ3v) is 6.34. The van der Waals surface area contributed by atoms with Gasteiger partial charge in [-0.1, -0.05) is 38.8 Å². The standard InChI is InChI=1S/C21H26FNO2S/c1-14-5-3-8-19(15(14)2)23-21(24)20-10-9-18(25-20)13-26-12-16-6-4-7-17(22)11-16/h4,6-7,9-11,14-15,19H,3,5,8,12-13H2,1-2H3,(H,23,24)/t14-,15-,19+/m1/s1. The lowest BCUT2D eigenvalue weighted by molar-refractivity contribution is 0.0861. The van der Waals surface area contributed by atoms with E-state index in [9.17, 15) is 9.18 Å². The van der Waals surface area contributed by atoms with Gasteiger partial charge in [-0.05, 0) is 48.1 Å². The minimum Gasteiger partial charge on any atom is -0.455 e. The molecule has 3 rings (SSSR count). The average Bonchev–Trinajstić information content (AvgIpc) is 3.08. The number of hydrogen-bond donors (Lipinski definition) is 1. The summed E-state index contributed by atoms with van der Waals surface area (Å²) in [6, 6.07) is 10.4. The summed E-state index contributed by atoms with van der Waals surface area (Å²) >= 11 is 1.64. The molecule has 1 saturated carbocycles. The van der Waals surface area contributed by atoms with Crippen molar-refractivity contribution in [1.29, 1.82) is 0 Å².